The van der Waals surface area contributed by atoms with Crippen LogP contribution in [0.25, 0.3) is 0 Å². The summed E-state index contributed by atoms with van der Waals surface area (Å²) in [5.41, 5.74) is 6.08. The fraction of sp³-hybridized carbons (Fsp3) is 0.273. The van der Waals surface area contributed by atoms with E-state index < -0.39 is 12.1 Å². The van der Waals surface area contributed by atoms with Crippen LogP contribution in [0, 0.1) is 0 Å². The van der Waals surface area contributed by atoms with Gasteiger partial charge >= 0.3 is 5.97 Å². The number of carbonyl (C=O) groups is 2. The number of carboxylic acid groups (broad SMARTS) is 1. The second-order valence-corrected chi connectivity index (χ2v) is 3.82. The van der Waals surface area contributed by atoms with Crippen LogP contribution in [0.5, 0.6) is 0 Å². The lowest BCUT2D eigenvalue weighted by Crippen LogP contribution is -2.13. The third kappa shape index (κ3) is 3.18. The summed E-state index contributed by atoms with van der Waals surface area (Å²) in [6.07, 6.45) is -1.51. The van der Waals surface area contributed by atoms with E-state index in [4.69, 9.17) is 22.4 Å². The zero-order chi connectivity index (χ0) is 13.0. The Labute approximate surface area is 103 Å². The van der Waals surface area contributed by atoms with E-state index in [0.717, 1.165) is 0 Å². The molecule has 0 fully saturated rings. The summed E-state index contributed by atoms with van der Waals surface area (Å²) in [5, 5.41) is 18.0. The highest BCUT2D eigenvalue weighted by Crippen LogP contribution is 2.22. The predicted octanol–water partition coefficient (Wildman–Crippen LogP) is 1.20. The number of benzene rings is 1. The Morgan fingerprint density at radius 1 is 1.41 bits per heavy atom. The molecule has 0 radical (unpaired) electrons. The van der Waals surface area contributed by atoms with Crippen molar-refractivity contribution in [1.29, 1.82) is 0 Å². The van der Waals surface area contributed by atoms with Gasteiger partial charge in [0.2, 0.25) is 0 Å². The molecule has 17 heavy (non-hydrogen) atoms. The fourth-order valence-corrected chi connectivity index (χ4v) is 1.53. The molecule has 0 amide bonds. The van der Waals surface area contributed by atoms with Crippen molar-refractivity contribution in [3.05, 3.63) is 29.3 Å². The van der Waals surface area contributed by atoms with Crippen molar-refractivity contribution < 1.29 is 19.8 Å². The van der Waals surface area contributed by atoms with Gasteiger partial charge in [0.25, 0.3) is 0 Å². The van der Waals surface area contributed by atoms with Gasteiger partial charge in [0.15, 0.2) is 11.9 Å². The molecule has 1 aromatic rings. The standard InChI is InChI=1S/C11H12ClNO4/c12-4-3-9(14)6-1-2-7(8(13)5-6)10(15)11(16)17/h1-2,5,10,15H,3-4,13H2,(H,16,17). The normalized spacial score (nSPS) is 12.1. The molecular weight excluding hydrogens is 246 g/mol. The zero-order valence-electron chi connectivity index (χ0n) is 8.89. The number of aliphatic carboxylic acids is 1. The Kier molecular flexibility index (Phi) is 4.48. The zero-order valence-corrected chi connectivity index (χ0v) is 9.65. The van der Waals surface area contributed by atoms with Gasteiger partial charge in [-0.1, -0.05) is 12.1 Å². The maximum atomic E-state index is 11.5. The Hall–Kier alpha value is -1.59. The number of hydrogen-bond acceptors (Lipinski definition) is 4. The SMILES string of the molecule is Nc1cc(C(=O)CCCl)ccc1C(O)C(=O)O. The molecule has 0 aliphatic rings. The lowest BCUT2D eigenvalue weighted by atomic mass is 10.0. The lowest BCUT2D eigenvalue weighted by Gasteiger charge is -2.10. The maximum absolute atomic E-state index is 11.5. The predicted molar refractivity (Wildman–Crippen MR) is 63.1 cm³/mol. The molecule has 0 bridgehead atoms. The number of alkyl halides is 1. The molecule has 0 aliphatic heterocycles. The number of carboxylic acids is 1. The molecule has 1 rings (SSSR count). The summed E-state index contributed by atoms with van der Waals surface area (Å²) in [6.45, 7) is 0. The van der Waals surface area contributed by atoms with Crippen LogP contribution < -0.4 is 5.73 Å². The first-order valence-corrected chi connectivity index (χ1v) is 5.40. The fourth-order valence-electron chi connectivity index (χ4n) is 1.36. The largest absolute Gasteiger partial charge is 0.479 e. The summed E-state index contributed by atoms with van der Waals surface area (Å²) in [5.74, 6) is -1.36. The number of hydrogen-bond donors (Lipinski definition) is 3. The Bertz CT molecular complexity index is 447. The average molecular weight is 258 g/mol. The number of nitrogen functional groups attached to an aromatic ring is 1. The van der Waals surface area contributed by atoms with E-state index in [1.54, 1.807) is 0 Å². The minimum Gasteiger partial charge on any atom is -0.479 e. The quantitative estimate of drug-likeness (QED) is 0.418. The highest BCUT2D eigenvalue weighted by Gasteiger charge is 2.19. The third-order valence-electron chi connectivity index (χ3n) is 2.26. The highest BCUT2D eigenvalue weighted by atomic mass is 35.5. The number of rotatable bonds is 5. The van der Waals surface area contributed by atoms with Crippen LogP contribution in [0.4, 0.5) is 5.69 Å². The molecule has 1 atom stereocenters. The van der Waals surface area contributed by atoms with Gasteiger partial charge in [0, 0.05) is 29.1 Å². The average Bonchev–Trinajstić information content (AvgIpc) is 2.28. The van der Waals surface area contributed by atoms with Crippen molar-refractivity contribution in [2.45, 2.75) is 12.5 Å². The Morgan fingerprint density at radius 2 is 2.06 bits per heavy atom. The highest BCUT2D eigenvalue weighted by molar-refractivity contribution is 6.19. The van der Waals surface area contributed by atoms with E-state index in [-0.39, 0.29) is 29.3 Å². The molecule has 6 heteroatoms. The first-order chi connectivity index (χ1) is 7.97. The van der Waals surface area contributed by atoms with Gasteiger partial charge in [-0.25, -0.2) is 4.79 Å². The summed E-state index contributed by atoms with van der Waals surface area (Å²) in [4.78, 5) is 22.1. The van der Waals surface area contributed by atoms with E-state index >= 15 is 0 Å². The van der Waals surface area contributed by atoms with E-state index in [1.165, 1.54) is 18.2 Å². The number of halogens is 1. The molecule has 1 unspecified atom stereocenters. The Morgan fingerprint density at radius 3 is 2.53 bits per heavy atom. The van der Waals surface area contributed by atoms with E-state index in [9.17, 15) is 14.7 Å². The molecule has 4 N–H and O–H groups in total. The van der Waals surface area contributed by atoms with Crippen molar-refractivity contribution in [1.82, 2.24) is 0 Å². The molecule has 0 heterocycles. The van der Waals surface area contributed by atoms with E-state index in [1.807, 2.05) is 0 Å². The molecule has 5 nitrogen and oxygen atoms in total. The van der Waals surface area contributed by atoms with Crippen molar-refractivity contribution in [3.63, 3.8) is 0 Å². The topological polar surface area (TPSA) is 101 Å². The summed E-state index contributed by atoms with van der Waals surface area (Å²) in [6, 6.07) is 4.10. The van der Waals surface area contributed by atoms with E-state index in [2.05, 4.69) is 0 Å². The molecule has 0 aromatic heterocycles. The number of Topliss-reactive ketones (excluding diaryl/α,β-unsaturated/α-hetero) is 1. The molecule has 92 valence electrons. The van der Waals surface area contributed by atoms with Gasteiger partial charge < -0.3 is 15.9 Å². The number of aliphatic hydroxyl groups is 1. The van der Waals surface area contributed by atoms with Gasteiger partial charge in [-0.2, -0.15) is 0 Å². The van der Waals surface area contributed by atoms with Crippen LogP contribution in [0.15, 0.2) is 18.2 Å². The number of anilines is 1. The molecule has 0 saturated heterocycles. The number of ketones is 1. The molecular formula is C11H12ClNO4. The van der Waals surface area contributed by atoms with Gasteiger partial charge in [-0.05, 0) is 6.07 Å². The van der Waals surface area contributed by atoms with Crippen LogP contribution in [-0.2, 0) is 4.79 Å². The smallest absolute Gasteiger partial charge is 0.337 e. The maximum Gasteiger partial charge on any atom is 0.337 e. The van der Waals surface area contributed by atoms with Crippen LogP contribution in [0.3, 0.4) is 0 Å². The first-order valence-electron chi connectivity index (χ1n) is 4.86. The van der Waals surface area contributed by atoms with Crippen molar-refractivity contribution in [2.75, 3.05) is 11.6 Å². The second-order valence-electron chi connectivity index (χ2n) is 3.45. The monoisotopic (exact) mass is 257 g/mol. The Balaban J connectivity index is 3.01. The molecule has 0 aliphatic carbocycles. The minimum absolute atomic E-state index is 0.0694. The van der Waals surface area contributed by atoms with Crippen LogP contribution in [0.2, 0.25) is 0 Å². The third-order valence-corrected chi connectivity index (χ3v) is 2.45. The summed E-state index contributed by atoms with van der Waals surface area (Å²) >= 11 is 5.44. The summed E-state index contributed by atoms with van der Waals surface area (Å²) < 4.78 is 0. The molecule has 0 saturated carbocycles. The van der Waals surface area contributed by atoms with Crippen molar-refractivity contribution in [3.8, 4) is 0 Å². The second kappa shape index (κ2) is 5.65. The van der Waals surface area contributed by atoms with Gasteiger partial charge in [0.05, 0.1) is 0 Å². The lowest BCUT2D eigenvalue weighted by molar-refractivity contribution is -0.146. The van der Waals surface area contributed by atoms with Crippen LogP contribution >= 0.6 is 11.6 Å². The number of aliphatic hydroxyl groups excluding tert-OH is 1. The van der Waals surface area contributed by atoms with Crippen LogP contribution in [-0.4, -0.2) is 27.8 Å². The van der Waals surface area contributed by atoms with Gasteiger partial charge in [0.1, 0.15) is 0 Å². The van der Waals surface area contributed by atoms with Gasteiger partial charge in [-0.3, -0.25) is 4.79 Å². The minimum atomic E-state index is -1.69. The van der Waals surface area contributed by atoms with E-state index in [0.29, 0.717) is 5.56 Å². The molecule has 0 spiro atoms. The van der Waals surface area contributed by atoms with Crippen LogP contribution in [0.1, 0.15) is 28.4 Å². The first kappa shape index (κ1) is 13.5. The van der Waals surface area contributed by atoms with Crippen molar-refractivity contribution in [2.24, 2.45) is 0 Å². The number of nitrogens with two attached hydrogens (primary N) is 1. The summed E-state index contributed by atoms with van der Waals surface area (Å²) in [7, 11) is 0. The molecule has 1 aromatic carbocycles. The van der Waals surface area contributed by atoms with Crippen molar-refractivity contribution >= 4 is 29.0 Å². The number of carbonyl (C=O) groups excluding carboxylic acids is 1. The van der Waals surface area contributed by atoms with Gasteiger partial charge in [-0.15, -0.1) is 11.6 Å².